The van der Waals surface area contributed by atoms with Gasteiger partial charge in [0.05, 0.1) is 22.2 Å². The summed E-state index contributed by atoms with van der Waals surface area (Å²) in [6.45, 7) is 2.68. The summed E-state index contributed by atoms with van der Waals surface area (Å²) in [4.78, 5) is 13.8. The highest BCUT2D eigenvalue weighted by Gasteiger charge is 2.33. The summed E-state index contributed by atoms with van der Waals surface area (Å²) in [5.74, 6) is 0.573. The zero-order valence-corrected chi connectivity index (χ0v) is 16.7. The van der Waals surface area contributed by atoms with Crippen molar-refractivity contribution in [1.82, 2.24) is 19.9 Å². The van der Waals surface area contributed by atoms with Crippen LogP contribution in [0.5, 0.6) is 5.88 Å². The topological polar surface area (TPSA) is 94.5 Å². The SMILES string of the molecule is C[C@@H]1c2c([nH]c3c(Cl)c(Cl)ccc23)CCN1C(O)c1nccc(OCCO)n1. The Bertz CT molecular complexity index is 1010. The number of benzene rings is 1. The lowest BCUT2D eigenvalue weighted by atomic mass is 9.96. The van der Waals surface area contributed by atoms with Crippen molar-refractivity contribution in [2.45, 2.75) is 25.6 Å². The van der Waals surface area contributed by atoms with E-state index >= 15 is 0 Å². The van der Waals surface area contributed by atoms with Crippen molar-refractivity contribution in [3.05, 3.63) is 51.5 Å². The van der Waals surface area contributed by atoms with Gasteiger partial charge in [-0.2, -0.15) is 4.98 Å². The summed E-state index contributed by atoms with van der Waals surface area (Å²) in [6.07, 6.45) is 1.26. The molecule has 9 heteroatoms. The van der Waals surface area contributed by atoms with Crippen LogP contribution in [0.4, 0.5) is 0 Å². The minimum Gasteiger partial charge on any atom is -0.475 e. The number of aromatic amines is 1. The molecule has 3 heterocycles. The molecular formula is C19H20Cl2N4O3. The number of hydrogen-bond donors (Lipinski definition) is 3. The van der Waals surface area contributed by atoms with Gasteiger partial charge in [0.25, 0.3) is 0 Å². The number of halogens is 2. The lowest BCUT2D eigenvalue weighted by Gasteiger charge is -2.36. The van der Waals surface area contributed by atoms with Crippen LogP contribution in [-0.4, -0.2) is 49.8 Å². The van der Waals surface area contributed by atoms with E-state index in [4.69, 9.17) is 33.0 Å². The summed E-state index contributed by atoms with van der Waals surface area (Å²) in [7, 11) is 0. The number of rotatable bonds is 5. The van der Waals surface area contributed by atoms with Crippen molar-refractivity contribution < 1.29 is 14.9 Å². The van der Waals surface area contributed by atoms with E-state index in [1.54, 1.807) is 12.1 Å². The molecule has 1 aromatic carbocycles. The molecule has 0 saturated heterocycles. The van der Waals surface area contributed by atoms with E-state index in [0.29, 0.717) is 22.5 Å². The number of fused-ring (bicyclic) bond motifs is 3. The Morgan fingerprint density at radius 1 is 1.36 bits per heavy atom. The van der Waals surface area contributed by atoms with Crippen LogP contribution in [0, 0.1) is 0 Å². The molecule has 0 fully saturated rings. The number of nitrogens with one attached hydrogen (secondary N) is 1. The first-order chi connectivity index (χ1) is 13.5. The Kier molecular flexibility index (Phi) is 5.44. The van der Waals surface area contributed by atoms with Gasteiger partial charge in [-0.05, 0) is 18.6 Å². The van der Waals surface area contributed by atoms with Crippen molar-refractivity contribution >= 4 is 34.1 Å². The monoisotopic (exact) mass is 422 g/mol. The number of nitrogens with zero attached hydrogens (tertiary/aromatic N) is 3. The van der Waals surface area contributed by atoms with Gasteiger partial charge in [-0.1, -0.05) is 29.3 Å². The Morgan fingerprint density at radius 2 is 2.18 bits per heavy atom. The van der Waals surface area contributed by atoms with Crippen LogP contribution >= 0.6 is 23.2 Å². The second kappa shape index (κ2) is 7.85. The van der Waals surface area contributed by atoms with E-state index in [2.05, 4.69) is 15.0 Å². The molecule has 28 heavy (non-hydrogen) atoms. The second-order valence-electron chi connectivity index (χ2n) is 6.66. The molecule has 7 nitrogen and oxygen atoms in total. The van der Waals surface area contributed by atoms with Crippen molar-refractivity contribution in [2.75, 3.05) is 19.8 Å². The molecule has 2 atom stereocenters. The molecule has 3 N–H and O–H groups in total. The van der Waals surface area contributed by atoms with Gasteiger partial charge in [0.2, 0.25) is 5.88 Å². The highest BCUT2D eigenvalue weighted by Crippen LogP contribution is 2.41. The first kappa shape index (κ1) is 19.4. The zero-order chi connectivity index (χ0) is 19.8. The second-order valence-corrected chi connectivity index (χ2v) is 7.45. The average molecular weight is 423 g/mol. The lowest BCUT2D eigenvalue weighted by molar-refractivity contribution is -0.0344. The first-order valence-corrected chi connectivity index (χ1v) is 9.75. The standard InChI is InChI=1S/C19H20Cl2N4O3/c1-10-15-11-2-3-12(20)16(21)17(11)23-13(15)5-7-25(10)19(27)18-22-6-4-14(24-18)28-9-8-26/h2-4,6,10,19,23,26-27H,5,7-9H2,1H3/t10-,19?/m1/s1. The van der Waals surface area contributed by atoms with Gasteiger partial charge in [-0.15, -0.1) is 0 Å². The van der Waals surface area contributed by atoms with Crippen LogP contribution in [0.25, 0.3) is 10.9 Å². The summed E-state index contributed by atoms with van der Waals surface area (Å²) < 4.78 is 5.32. The van der Waals surface area contributed by atoms with Crippen molar-refractivity contribution in [3.63, 3.8) is 0 Å². The van der Waals surface area contributed by atoms with Gasteiger partial charge in [0.15, 0.2) is 12.1 Å². The van der Waals surface area contributed by atoms with Crippen molar-refractivity contribution in [2.24, 2.45) is 0 Å². The molecule has 2 aromatic heterocycles. The average Bonchev–Trinajstić information content (AvgIpc) is 3.09. The lowest BCUT2D eigenvalue weighted by Crippen LogP contribution is -2.37. The van der Waals surface area contributed by atoms with E-state index in [0.717, 1.165) is 28.6 Å². The number of H-pyrrole nitrogens is 1. The fourth-order valence-electron chi connectivity index (χ4n) is 3.75. The van der Waals surface area contributed by atoms with Crippen LogP contribution in [0.3, 0.4) is 0 Å². The van der Waals surface area contributed by atoms with Crippen molar-refractivity contribution in [3.8, 4) is 5.88 Å². The third-order valence-electron chi connectivity index (χ3n) is 5.06. The van der Waals surface area contributed by atoms with Gasteiger partial charge >= 0.3 is 0 Å². The van der Waals surface area contributed by atoms with E-state index in [1.165, 1.54) is 6.20 Å². The van der Waals surface area contributed by atoms with E-state index in [-0.39, 0.29) is 25.1 Å². The molecule has 4 rings (SSSR count). The molecule has 0 aliphatic carbocycles. The number of aliphatic hydroxyl groups excluding tert-OH is 2. The normalized spacial score (nSPS) is 18.2. The van der Waals surface area contributed by atoms with Crippen LogP contribution < -0.4 is 4.74 Å². The largest absolute Gasteiger partial charge is 0.475 e. The maximum Gasteiger partial charge on any atom is 0.216 e. The predicted molar refractivity (Wildman–Crippen MR) is 107 cm³/mol. The van der Waals surface area contributed by atoms with E-state index in [9.17, 15) is 5.11 Å². The number of ether oxygens (including phenoxy) is 1. The van der Waals surface area contributed by atoms with E-state index < -0.39 is 6.23 Å². The Labute approximate surface area is 171 Å². The fourth-order valence-corrected chi connectivity index (χ4v) is 4.12. The molecule has 0 spiro atoms. The highest BCUT2D eigenvalue weighted by molar-refractivity contribution is 6.45. The molecule has 0 radical (unpaired) electrons. The molecular weight excluding hydrogens is 403 g/mol. The third kappa shape index (κ3) is 3.33. The minimum absolute atomic E-state index is 0.0876. The number of aliphatic hydroxyl groups is 2. The molecule has 1 aliphatic rings. The summed E-state index contributed by atoms with van der Waals surface area (Å²) in [5.41, 5.74) is 3.00. The Morgan fingerprint density at radius 3 is 2.96 bits per heavy atom. The maximum absolute atomic E-state index is 10.9. The summed E-state index contributed by atoms with van der Waals surface area (Å²) in [6, 6.07) is 5.24. The summed E-state index contributed by atoms with van der Waals surface area (Å²) >= 11 is 12.5. The number of hydrogen-bond acceptors (Lipinski definition) is 6. The third-order valence-corrected chi connectivity index (χ3v) is 5.86. The molecule has 3 aromatic rings. The molecule has 148 valence electrons. The molecule has 0 bridgehead atoms. The zero-order valence-electron chi connectivity index (χ0n) is 15.2. The summed E-state index contributed by atoms with van der Waals surface area (Å²) in [5, 5.41) is 21.8. The predicted octanol–water partition coefficient (Wildman–Crippen LogP) is 3.25. The molecule has 1 aliphatic heterocycles. The highest BCUT2D eigenvalue weighted by atomic mass is 35.5. The van der Waals surface area contributed by atoms with E-state index in [1.807, 2.05) is 17.9 Å². The van der Waals surface area contributed by atoms with Gasteiger partial charge in [-0.3, -0.25) is 4.90 Å². The molecule has 1 unspecified atom stereocenters. The molecule has 0 amide bonds. The smallest absolute Gasteiger partial charge is 0.216 e. The van der Waals surface area contributed by atoms with Crippen LogP contribution in [-0.2, 0) is 6.42 Å². The Hall–Kier alpha value is -1.90. The van der Waals surface area contributed by atoms with Crippen LogP contribution in [0.1, 0.15) is 36.3 Å². The quantitative estimate of drug-likeness (QED) is 0.584. The minimum atomic E-state index is -0.992. The van der Waals surface area contributed by atoms with Gasteiger partial charge in [0, 0.05) is 42.4 Å². The Balaban J connectivity index is 1.66. The molecule has 0 saturated carbocycles. The van der Waals surface area contributed by atoms with Gasteiger partial charge in [-0.25, -0.2) is 4.98 Å². The van der Waals surface area contributed by atoms with Crippen LogP contribution in [0.15, 0.2) is 24.4 Å². The first-order valence-electron chi connectivity index (χ1n) is 9.00. The van der Waals surface area contributed by atoms with Gasteiger partial charge < -0.3 is 19.9 Å². The van der Waals surface area contributed by atoms with Crippen molar-refractivity contribution in [1.29, 1.82) is 0 Å². The van der Waals surface area contributed by atoms with Gasteiger partial charge in [0.1, 0.15) is 6.61 Å². The fraction of sp³-hybridized carbons (Fsp3) is 0.368. The maximum atomic E-state index is 10.9. The van der Waals surface area contributed by atoms with Crippen LogP contribution in [0.2, 0.25) is 10.0 Å². The number of aromatic nitrogens is 3.